The van der Waals surface area contributed by atoms with Crippen LogP contribution in [0, 0.1) is 5.82 Å². The molecule has 0 spiro atoms. The molecule has 1 aliphatic rings. The number of aryl methyl sites for hydroxylation is 2. The number of thiazole rings is 1. The van der Waals surface area contributed by atoms with E-state index in [4.69, 9.17) is 10.7 Å². The normalized spacial score (nSPS) is 14.6. The lowest BCUT2D eigenvalue weighted by Crippen LogP contribution is -2.08. The number of benzene rings is 1. The molecule has 0 bridgehead atoms. The number of nitrogens with two attached hydrogens (primary N) is 1. The van der Waals surface area contributed by atoms with Gasteiger partial charge in [-0.15, -0.1) is 11.3 Å². The minimum absolute atomic E-state index is 0.230. The van der Waals surface area contributed by atoms with Gasteiger partial charge in [-0.25, -0.2) is 9.37 Å². The summed E-state index contributed by atoms with van der Waals surface area (Å²) in [6.45, 7) is 0.442. The number of hydrogen-bond donors (Lipinski definition) is 1. The van der Waals surface area contributed by atoms with E-state index in [1.54, 1.807) is 23.5 Å². The number of aromatic nitrogens is 2. The fraction of sp³-hybridized carbons (Fsp3) is 0.312. The van der Waals surface area contributed by atoms with Crippen molar-refractivity contribution in [1.82, 2.24) is 9.38 Å². The first-order valence-corrected chi connectivity index (χ1v) is 8.07. The lowest BCUT2D eigenvalue weighted by Gasteiger charge is -2.12. The lowest BCUT2D eigenvalue weighted by molar-refractivity contribution is 0.628. The minimum atomic E-state index is -0.230. The molecule has 0 unspecified atom stereocenters. The summed E-state index contributed by atoms with van der Waals surface area (Å²) in [5.74, 6) is -0.230. The predicted molar refractivity (Wildman–Crippen MR) is 83.0 cm³/mol. The highest BCUT2D eigenvalue weighted by Crippen LogP contribution is 2.34. The van der Waals surface area contributed by atoms with E-state index in [0.717, 1.165) is 34.8 Å². The Bertz CT molecular complexity index is 801. The number of rotatable bonds is 2. The molecule has 3 aromatic rings. The van der Waals surface area contributed by atoms with E-state index < -0.39 is 0 Å². The average molecular weight is 301 g/mol. The highest BCUT2D eigenvalue weighted by Gasteiger charge is 2.22. The molecule has 1 aromatic carbocycles. The van der Waals surface area contributed by atoms with E-state index in [0.29, 0.717) is 6.54 Å². The molecule has 2 heterocycles. The van der Waals surface area contributed by atoms with Crippen LogP contribution in [0.4, 0.5) is 4.39 Å². The van der Waals surface area contributed by atoms with Gasteiger partial charge in [-0.2, -0.15) is 0 Å². The van der Waals surface area contributed by atoms with Gasteiger partial charge in [0.15, 0.2) is 4.96 Å². The van der Waals surface area contributed by atoms with Crippen LogP contribution in [0.3, 0.4) is 0 Å². The average Bonchev–Trinajstić information content (AvgIpc) is 3.03. The zero-order valence-electron chi connectivity index (χ0n) is 11.6. The molecule has 0 fully saturated rings. The maximum atomic E-state index is 13.1. The van der Waals surface area contributed by atoms with Gasteiger partial charge in [0.1, 0.15) is 5.82 Å². The SMILES string of the molecule is NCc1c(-c2ccc(F)cc2)nc2sc3c(n12)CCCC3. The molecule has 4 rings (SSSR count). The summed E-state index contributed by atoms with van der Waals surface area (Å²) < 4.78 is 15.3. The van der Waals surface area contributed by atoms with Crippen molar-refractivity contribution in [3.8, 4) is 11.3 Å². The number of fused-ring (bicyclic) bond motifs is 3. The molecule has 2 aromatic heterocycles. The van der Waals surface area contributed by atoms with E-state index >= 15 is 0 Å². The highest BCUT2D eigenvalue weighted by atomic mass is 32.1. The van der Waals surface area contributed by atoms with Crippen molar-refractivity contribution in [1.29, 1.82) is 0 Å². The Morgan fingerprint density at radius 2 is 1.95 bits per heavy atom. The van der Waals surface area contributed by atoms with Crippen LogP contribution in [-0.4, -0.2) is 9.38 Å². The highest BCUT2D eigenvalue weighted by molar-refractivity contribution is 7.17. The molecular weight excluding hydrogens is 285 g/mol. The van der Waals surface area contributed by atoms with Crippen molar-refractivity contribution in [3.05, 3.63) is 46.3 Å². The first-order valence-electron chi connectivity index (χ1n) is 7.26. The lowest BCUT2D eigenvalue weighted by atomic mass is 10.0. The van der Waals surface area contributed by atoms with Gasteiger partial charge in [0.25, 0.3) is 0 Å². The second-order valence-electron chi connectivity index (χ2n) is 5.42. The van der Waals surface area contributed by atoms with Gasteiger partial charge in [0.2, 0.25) is 0 Å². The van der Waals surface area contributed by atoms with Crippen LogP contribution in [-0.2, 0) is 19.4 Å². The zero-order valence-corrected chi connectivity index (χ0v) is 12.4. The van der Waals surface area contributed by atoms with Crippen molar-refractivity contribution in [3.63, 3.8) is 0 Å². The maximum Gasteiger partial charge on any atom is 0.194 e. The van der Waals surface area contributed by atoms with Crippen LogP contribution in [0.15, 0.2) is 24.3 Å². The molecule has 0 atom stereocenters. The van der Waals surface area contributed by atoms with Crippen molar-refractivity contribution in [2.75, 3.05) is 0 Å². The zero-order chi connectivity index (χ0) is 14.4. The number of imidazole rings is 1. The van der Waals surface area contributed by atoms with Crippen molar-refractivity contribution < 1.29 is 4.39 Å². The third-order valence-electron chi connectivity index (χ3n) is 4.13. The number of hydrogen-bond acceptors (Lipinski definition) is 3. The van der Waals surface area contributed by atoms with E-state index in [9.17, 15) is 4.39 Å². The van der Waals surface area contributed by atoms with Gasteiger partial charge in [-0.05, 0) is 49.9 Å². The Hall–Kier alpha value is -1.72. The third kappa shape index (κ3) is 2.00. The molecule has 0 amide bonds. The van der Waals surface area contributed by atoms with E-state index in [1.165, 1.54) is 35.5 Å². The maximum absolute atomic E-state index is 13.1. The number of nitrogens with zero attached hydrogens (tertiary/aromatic N) is 2. The molecule has 0 saturated carbocycles. The first-order chi connectivity index (χ1) is 10.3. The fourth-order valence-corrected chi connectivity index (χ4v) is 4.35. The van der Waals surface area contributed by atoms with Crippen LogP contribution in [0.1, 0.15) is 29.1 Å². The molecule has 108 valence electrons. The summed E-state index contributed by atoms with van der Waals surface area (Å²) in [5.41, 5.74) is 10.2. The summed E-state index contributed by atoms with van der Waals surface area (Å²) in [6.07, 6.45) is 4.74. The van der Waals surface area contributed by atoms with Gasteiger partial charge in [0.05, 0.1) is 11.4 Å². The summed E-state index contributed by atoms with van der Waals surface area (Å²) in [6, 6.07) is 6.48. The molecular formula is C16H16FN3S. The Labute approximate surface area is 126 Å². The molecule has 3 nitrogen and oxygen atoms in total. The standard InChI is InChI=1S/C16H16FN3S/c17-11-7-5-10(6-8-11)15-13(9-18)20-12-3-1-2-4-14(12)21-16(20)19-15/h5-8H,1-4,9,18H2. The van der Waals surface area contributed by atoms with Crippen LogP contribution in [0.2, 0.25) is 0 Å². The predicted octanol–water partition coefficient (Wildman–Crippen LogP) is 3.54. The van der Waals surface area contributed by atoms with E-state index in [-0.39, 0.29) is 5.82 Å². The number of halogens is 1. The molecule has 1 aliphatic carbocycles. The van der Waals surface area contributed by atoms with Crippen LogP contribution in [0.25, 0.3) is 16.2 Å². The quantitative estimate of drug-likeness (QED) is 0.787. The second kappa shape index (κ2) is 4.93. The Balaban J connectivity index is 1.94. The molecule has 0 saturated heterocycles. The Morgan fingerprint density at radius 3 is 2.71 bits per heavy atom. The third-order valence-corrected chi connectivity index (χ3v) is 5.27. The van der Waals surface area contributed by atoms with E-state index in [1.807, 2.05) is 0 Å². The van der Waals surface area contributed by atoms with Crippen LogP contribution < -0.4 is 5.73 Å². The smallest absolute Gasteiger partial charge is 0.194 e. The van der Waals surface area contributed by atoms with Gasteiger partial charge < -0.3 is 5.73 Å². The van der Waals surface area contributed by atoms with Gasteiger partial charge >= 0.3 is 0 Å². The van der Waals surface area contributed by atoms with Crippen LogP contribution in [0.5, 0.6) is 0 Å². The second-order valence-corrected chi connectivity index (χ2v) is 6.48. The molecule has 0 aliphatic heterocycles. The van der Waals surface area contributed by atoms with E-state index in [2.05, 4.69) is 4.40 Å². The van der Waals surface area contributed by atoms with Crippen molar-refractivity contribution >= 4 is 16.3 Å². The minimum Gasteiger partial charge on any atom is -0.325 e. The first kappa shape index (κ1) is 13.0. The molecule has 5 heteroatoms. The van der Waals surface area contributed by atoms with Gasteiger partial charge in [-0.3, -0.25) is 4.40 Å². The van der Waals surface area contributed by atoms with Crippen molar-refractivity contribution in [2.45, 2.75) is 32.2 Å². The molecule has 2 N–H and O–H groups in total. The summed E-state index contributed by atoms with van der Waals surface area (Å²) in [5, 5.41) is 0. The van der Waals surface area contributed by atoms with Gasteiger partial charge in [-0.1, -0.05) is 0 Å². The Morgan fingerprint density at radius 1 is 1.19 bits per heavy atom. The monoisotopic (exact) mass is 301 g/mol. The summed E-state index contributed by atoms with van der Waals surface area (Å²) in [4.78, 5) is 7.23. The molecule has 0 radical (unpaired) electrons. The summed E-state index contributed by atoms with van der Waals surface area (Å²) in [7, 11) is 0. The molecule has 21 heavy (non-hydrogen) atoms. The van der Waals surface area contributed by atoms with Crippen LogP contribution >= 0.6 is 11.3 Å². The fourth-order valence-electron chi connectivity index (χ4n) is 3.12. The van der Waals surface area contributed by atoms with Gasteiger partial charge in [0, 0.05) is 22.7 Å². The summed E-state index contributed by atoms with van der Waals surface area (Å²) >= 11 is 1.77. The Kier molecular flexibility index (Phi) is 3.05. The largest absolute Gasteiger partial charge is 0.325 e. The van der Waals surface area contributed by atoms with Crippen molar-refractivity contribution in [2.24, 2.45) is 5.73 Å². The topological polar surface area (TPSA) is 43.3 Å².